The van der Waals surface area contributed by atoms with Gasteiger partial charge in [-0.3, -0.25) is 10.6 Å². The van der Waals surface area contributed by atoms with E-state index in [0.29, 0.717) is 29.8 Å². The van der Waals surface area contributed by atoms with Crippen LogP contribution in [0.2, 0.25) is 0 Å². The van der Waals surface area contributed by atoms with Gasteiger partial charge in [-0.1, -0.05) is 84.8 Å². The first-order valence-corrected chi connectivity index (χ1v) is 17.6. The summed E-state index contributed by atoms with van der Waals surface area (Å²) in [5, 5.41) is 17.9. The van der Waals surface area contributed by atoms with E-state index in [1.54, 1.807) is 11.1 Å². The second kappa shape index (κ2) is 13.1. The molecule has 1 aliphatic heterocycles. The molecular formula is C40H51N3. The van der Waals surface area contributed by atoms with Crippen molar-refractivity contribution in [2.75, 3.05) is 0 Å². The molecule has 1 heterocycles. The molecule has 0 amide bonds. The average molecular weight is 574 g/mol. The summed E-state index contributed by atoms with van der Waals surface area (Å²) in [6, 6.07) is 24.6. The Kier molecular flexibility index (Phi) is 8.88. The Bertz CT molecular complexity index is 1330. The Morgan fingerprint density at radius 1 is 0.674 bits per heavy atom. The fraction of sp³-hybridized carbons (Fsp3) is 0.575. The molecule has 3 heteroatoms. The number of allylic oxidation sites excluding steroid dienone is 4. The van der Waals surface area contributed by atoms with E-state index in [1.165, 1.54) is 80.9 Å². The van der Waals surface area contributed by atoms with Crippen LogP contribution in [0.4, 0.5) is 0 Å². The van der Waals surface area contributed by atoms with E-state index in [9.17, 15) is 5.26 Å². The maximum Gasteiger partial charge on any atom is 0.0840 e. The quantitative estimate of drug-likeness (QED) is 0.350. The van der Waals surface area contributed by atoms with Gasteiger partial charge < -0.3 is 0 Å². The van der Waals surface area contributed by atoms with Gasteiger partial charge in [0, 0.05) is 18.0 Å². The molecule has 7 atom stereocenters. The third kappa shape index (κ3) is 6.03. The zero-order chi connectivity index (χ0) is 29.2. The summed E-state index contributed by atoms with van der Waals surface area (Å²) in [6.07, 6.45) is 21.2. The number of hydrogen-bond donors (Lipinski definition) is 2. The third-order valence-corrected chi connectivity index (χ3v) is 12.2. The molecule has 4 aliphatic carbocycles. The van der Waals surface area contributed by atoms with Gasteiger partial charge >= 0.3 is 0 Å². The molecule has 7 unspecified atom stereocenters. The highest BCUT2D eigenvalue weighted by atomic mass is 15.2. The normalized spacial score (nSPS) is 36.5. The number of nitriles is 1. The van der Waals surface area contributed by atoms with Crippen LogP contribution in [0, 0.1) is 35.0 Å². The number of nitrogens with one attached hydrogen (secondary N) is 2. The highest BCUT2D eigenvalue weighted by molar-refractivity contribution is 5.39. The lowest BCUT2D eigenvalue weighted by Gasteiger charge is -2.50. The molecule has 2 aromatic rings. The second-order valence-electron chi connectivity index (χ2n) is 14.5. The minimum absolute atomic E-state index is 0.177. The second-order valence-corrected chi connectivity index (χ2v) is 14.5. The van der Waals surface area contributed by atoms with Gasteiger partial charge in [0.2, 0.25) is 0 Å². The molecular weight excluding hydrogens is 522 g/mol. The van der Waals surface area contributed by atoms with Crippen molar-refractivity contribution < 1.29 is 0 Å². The lowest BCUT2D eigenvalue weighted by Crippen LogP contribution is -2.62. The summed E-state index contributed by atoms with van der Waals surface area (Å²) in [5.74, 6) is 3.52. The highest BCUT2D eigenvalue weighted by Gasteiger charge is 2.42. The fourth-order valence-corrected chi connectivity index (χ4v) is 9.82. The van der Waals surface area contributed by atoms with Gasteiger partial charge in [-0.25, -0.2) is 0 Å². The van der Waals surface area contributed by atoms with E-state index in [2.05, 4.69) is 90.4 Å². The van der Waals surface area contributed by atoms with Gasteiger partial charge in [-0.15, -0.1) is 0 Å². The zero-order valence-electron chi connectivity index (χ0n) is 26.2. The minimum Gasteiger partial charge on any atom is -0.295 e. The summed E-state index contributed by atoms with van der Waals surface area (Å²) in [5.41, 5.74) is 7.54. The van der Waals surface area contributed by atoms with Crippen molar-refractivity contribution in [3.63, 3.8) is 0 Å². The van der Waals surface area contributed by atoms with Crippen LogP contribution in [0.25, 0.3) is 0 Å². The van der Waals surface area contributed by atoms with Crippen molar-refractivity contribution in [2.45, 2.75) is 120 Å². The fourth-order valence-electron chi connectivity index (χ4n) is 9.82. The van der Waals surface area contributed by atoms with Gasteiger partial charge in [0.05, 0.1) is 18.2 Å². The van der Waals surface area contributed by atoms with Crippen LogP contribution in [-0.4, -0.2) is 12.1 Å². The van der Waals surface area contributed by atoms with Crippen LogP contribution in [0.1, 0.15) is 125 Å². The Labute approximate surface area is 260 Å². The van der Waals surface area contributed by atoms with E-state index in [-0.39, 0.29) is 12.1 Å². The van der Waals surface area contributed by atoms with Gasteiger partial charge in [0.1, 0.15) is 0 Å². The molecule has 0 aromatic heterocycles. The van der Waals surface area contributed by atoms with Crippen molar-refractivity contribution >= 4 is 0 Å². The number of rotatable bonds is 5. The summed E-state index contributed by atoms with van der Waals surface area (Å²) >= 11 is 0. The molecule has 2 N–H and O–H groups in total. The topological polar surface area (TPSA) is 47.8 Å². The lowest BCUT2D eigenvalue weighted by atomic mass is 9.68. The summed E-state index contributed by atoms with van der Waals surface area (Å²) in [4.78, 5) is 0. The summed E-state index contributed by atoms with van der Waals surface area (Å²) in [6.45, 7) is 2.52. The highest BCUT2D eigenvalue weighted by Crippen LogP contribution is 2.47. The summed E-state index contributed by atoms with van der Waals surface area (Å²) in [7, 11) is 0. The molecule has 1 saturated heterocycles. The first kappa shape index (κ1) is 29.1. The molecule has 226 valence electrons. The predicted octanol–water partition coefficient (Wildman–Crippen LogP) is 9.47. The molecule has 1 saturated carbocycles. The smallest absolute Gasteiger partial charge is 0.0840 e. The lowest BCUT2D eigenvalue weighted by molar-refractivity contribution is 0.0771. The van der Waals surface area contributed by atoms with E-state index in [0.717, 1.165) is 31.1 Å². The molecule has 0 bridgehead atoms. The van der Waals surface area contributed by atoms with E-state index < -0.39 is 0 Å². The molecule has 2 fully saturated rings. The molecule has 7 rings (SSSR count). The van der Waals surface area contributed by atoms with Crippen molar-refractivity contribution in [1.29, 1.82) is 5.26 Å². The van der Waals surface area contributed by atoms with Crippen LogP contribution in [0.15, 0.2) is 77.9 Å². The van der Waals surface area contributed by atoms with Gasteiger partial charge in [-0.2, -0.15) is 5.26 Å². The van der Waals surface area contributed by atoms with E-state index in [1.807, 2.05) is 0 Å². The number of hydrogen-bond acceptors (Lipinski definition) is 3. The Balaban J connectivity index is 1.03. The van der Waals surface area contributed by atoms with E-state index >= 15 is 0 Å². The van der Waals surface area contributed by atoms with Crippen LogP contribution in [0.3, 0.4) is 0 Å². The van der Waals surface area contributed by atoms with E-state index in [4.69, 9.17) is 0 Å². The van der Waals surface area contributed by atoms with Crippen LogP contribution < -0.4 is 10.6 Å². The van der Waals surface area contributed by atoms with Crippen LogP contribution in [-0.2, 0) is 0 Å². The summed E-state index contributed by atoms with van der Waals surface area (Å²) < 4.78 is 0. The zero-order valence-corrected chi connectivity index (χ0v) is 26.2. The largest absolute Gasteiger partial charge is 0.295 e. The first-order chi connectivity index (χ1) is 21.2. The monoisotopic (exact) mass is 573 g/mol. The van der Waals surface area contributed by atoms with Gasteiger partial charge in [0.15, 0.2) is 0 Å². The average Bonchev–Trinajstić information content (AvgIpc) is 3.09. The van der Waals surface area contributed by atoms with Gasteiger partial charge in [0.25, 0.3) is 0 Å². The third-order valence-electron chi connectivity index (χ3n) is 12.2. The Morgan fingerprint density at radius 2 is 1.37 bits per heavy atom. The molecule has 5 aliphatic rings. The molecule has 43 heavy (non-hydrogen) atoms. The Hall–Kier alpha value is -2.67. The SMILES string of the molecule is CC1C(C2CC=CCC2)NC(c2ccccc2)NC1C1CCC(c2ccc(C3CCC(C#N)C4=C3CCCC4)cc2)CC1. The first-order valence-electron chi connectivity index (χ1n) is 17.6. The van der Waals surface area contributed by atoms with Crippen molar-refractivity contribution in [2.24, 2.45) is 23.7 Å². The number of nitrogens with zero attached hydrogens (tertiary/aromatic N) is 1. The maximum atomic E-state index is 9.73. The number of benzene rings is 2. The molecule has 3 nitrogen and oxygen atoms in total. The van der Waals surface area contributed by atoms with Crippen LogP contribution in [0.5, 0.6) is 0 Å². The minimum atomic E-state index is 0.177. The van der Waals surface area contributed by atoms with Crippen molar-refractivity contribution in [3.8, 4) is 6.07 Å². The molecule has 0 spiro atoms. The molecule has 2 aromatic carbocycles. The molecule has 0 radical (unpaired) electrons. The van der Waals surface area contributed by atoms with Crippen LogP contribution >= 0.6 is 0 Å². The maximum absolute atomic E-state index is 9.73. The predicted molar refractivity (Wildman–Crippen MR) is 176 cm³/mol. The van der Waals surface area contributed by atoms with Crippen molar-refractivity contribution in [3.05, 3.63) is 94.6 Å². The van der Waals surface area contributed by atoms with Gasteiger partial charge in [-0.05, 0) is 124 Å². The Morgan fingerprint density at radius 3 is 2.07 bits per heavy atom. The van der Waals surface area contributed by atoms with Crippen molar-refractivity contribution in [1.82, 2.24) is 10.6 Å². The standard InChI is InChI=1S/C40H51N3/c1-27-38(31-10-4-2-5-11-31)42-40(33-12-6-3-7-13-33)43-39(27)32-22-18-29(19-23-32)28-16-20-30(21-17-28)36-25-24-34(26-41)35-14-8-9-15-37(35)36/h2-4,6-7,12-13,16-17,20-21,27,29,31-32,34,36,38-40,42-43H,5,8-11,14-15,18-19,22-25H2,1H3.